The van der Waals surface area contributed by atoms with Gasteiger partial charge < -0.3 is 14.0 Å². The van der Waals surface area contributed by atoms with Crippen LogP contribution < -0.4 is 0 Å². The van der Waals surface area contributed by atoms with Crippen LogP contribution in [0.15, 0.2) is 70.9 Å². The first-order valence-corrected chi connectivity index (χ1v) is 11.6. The van der Waals surface area contributed by atoms with E-state index in [0.29, 0.717) is 0 Å². The average Bonchev–Trinajstić information content (AvgIpc) is 3.06. The number of benzene rings is 2. The third-order valence-corrected chi connectivity index (χ3v) is 6.88. The van der Waals surface area contributed by atoms with Gasteiger partial charge in [-0.15, -0.1) is 0 Å². The molecule has 0 saturated carbocycles. The van der Waals surface area contributed by atoms with Crippen LogP contribution in [0.1, 0.15) is 24.5 Å². The molecule has 0 spiro atoms. The molecule has 1 N–H and O–H groups in total. The number of aryl methyl sites for hydroxylation is 1. The van der Waals surface area contributed by atoms with Gasteiger partial charge in [0.25, 0.3) is 0 Å². The molecular formula is C23H23NO7S. The minimum absolute atomic E-state index is 0.0117. The fourth-order valence-electron chi connectivity index (χ4n) is 3.97. The number of aliphatic hydroxyl groups excluding tert-OH is 1. The van der Waals surface area contributed by atoms with Crippen molar-refractivity contribution in [3.05, 3.63) is 77.2 Å². The van der Waals surface area contributed by atoms with Crippen molar-refractivity contribution in [3.8, 4) is 0 Å². The summed E-state index contributed by atoms with van der Waals surface area (Å²) in [6.07, 6.45) is -0.958. The number of rotatable bonds is 7. The van der Waals surface area contributed by atoms with E-state index in [4.69, 9.17) is 8.92 Å². The van der Waals surface area contributed by atoms with E-state index in [1.54, 1.807) is 36.4 Å². The van der Waals surface area contributed by atoms with Crippen molar-refractivity contribution in [2.24, 2.45) is 5.92 Å². The molecule has 4 rings (SSSR count). The number of hydrogen-bond acceptors (Lipinski definition) is 7. The van der Waals surface area contributed by atoms with Crippen LogP contribution in [0, 0.1) is 12.8 Å². The highest BCUT2D eigenvalue weighted by Crippen LogP contribution is 2.45. The lowest BCUT2D eigenvalue weighted by molar-refractivity contribution is -0.162. The molecule has 9 heteroatoms. The second-order valence-electron chi connectivity index (χ2n) is 7.93. The normalized spacial score (nSPS) is 21.1. The summed E-state index contributed by atoms with van der Waals surface area (Å²) in [7, 11) is -4.23. The lowest BCUT2D eigenvalue weighted by Crippen LogP contribution is -2.61. The van der Waals surface area contributed by atoms with Gasteiger partial charge in [-0.2, -0.15) is 8.42 Å². The smallest absolute Gasteiger partial charge is 0.358 e. The van der Waals surface area contributed by atoms with Crippen LogP contribution in [0.3, 0.4) is 0 Å². The number of carbonyl (C=O) groups excluding carboxylic acids is 2. The molecule has 0 aromatic heterocycles. The molecule has 0 bridgehead atoms. The van der Waals surface area contributed by atoms with Gasteiger partial charge in [0.2, 0.25) is 5.91 Å². The number of nitrogens with zero attached hydrogens (tertiary/aromatic N) is 1. The van der Waals surface area contributed by atoms with Crippen LogP contribution >= 0.6 is 0 Å². The molecule has 1 amide bonds. The second kappa shape index (κ2) is 8.40. The lowest BCUT2D eigenvalue weighted by Gasteiger charge is -2.44. The van der Waals surface area contributed by atoms with Crippen molar-refractivity contribution in [2.75, 3.05) is 0 Å². The Kier molecular flexibility index (Phi) is 5.79. The zero-order valence-electron chi connectivity index (χ0n) is 17.6. The monoisotopic (exact) mass is 457 g/mol. The quantitative estimate of drug-likeness (QED) is 0.386. The summed E-state index contributed by atoms with van der Waals surface area (Å²) in [6, 6.07) is 14.5. The molecule has 0 aliphatic carbocycles. The molecule has 2 unspecified atom stereocenters. The fraction of sp³-hybridized carbons (Fsp3) is 0.304. The first-order chi connectivity index (χ1) is 15.2. The largest absolute Gasteiger partial charge is 0.456 e. The molecular weight excluding hydrogens is 434 g/mol. The second-order valence-corrected chi connectivity index (χ2v) is 9.48. The Balaban J connectivity index is 1.62. The van der Waals surface area contributed by atoms with Crippen LogP contribution in [0.5, 0.6) is 0 Å². The highest BCUT2D eigenvalue weighted by Gasteiger charge is 2.58. The number of hydrogen-bond donors (Lipinski definition) is 1. The van der Waals surface area contributed by atoms with E-state index >= 15 is 0 Å². The number of fused-ring (bicyclic) bond motifs is 1. The van der Waals surface area contributed by atoms with Crippen LogP contribution in [0.25, 0.3) is 0 Å². The number of amides is 1. The van der Waals surface area contributed by atoms with E-state index in [0.717, 1.165) is 11.1 Å². The number of β-lactam (4-membered cyclic amide) rings is 1. The molecule has 168 valence electrons. The molecule has 0 radical (unpaired) electrons. The summed E-state index contributed by atoms with van der Waals surface area (Å²) >= 11 is 0. The summed E-state index contributed by atoms with van der Waals surface area (Å²) in [5.41, 5.74) is 1.38. The highest BCUT2D eigenvalue weighted by atomic mass is 32.2. The molecule has 1 saturated heterocycles. The van der Waals surface area contributed by atoms with Crippen molar-refractivity contribution in [1.82, 2.24) is 4.90 Å². The molecule has 2 aliphatic heterocycles. The zero-order valence-corrected chi connectivity index (χ0v) is 18.4. The molecule has 32 heavy (non-hydrogen) atoms. The molecule has 2 heterocycles. The summed E-state index contributed by atoms with van der Waals surface area (Å²) in [6.45, 7) is 3.26. The highest BCUT2D eigenvalue weighted by molar-refractivity contribution is 7.86. The Morgan fingerprint density at radius 3 is 2.44 bits per heavy atom. The van der Waals surface area contributed by atoms with E-state index < -0.39 is 40.1 Å². The first kappa shape index (κ1) is 22.0. The number of ether oxygens (including phenoxy) is 1. The summed E-state index contributed by atoms with van der Waals surface area (Å²) in [5, 5.41) is 9.95. The minimum atomic E-state index is -4.23. The third kappa shape index (κ3) is 4.01. The Morgan fingerprint density at radius 2 is 1.81 bits per heavy atom. The number of esters is 1. The first-order valence-electron chi connectivity index (χ1n) is 10.2. The van der Waals surface area contributed by atoms with Crippen LogP contribution in [-0.2, 0) is 35.2 Å². The van der Waals surface area contributed by atoms with Crippen molar-refractivity contribution in [2.45, 2.75) is 43.9 Å². The summed E-state index contributed by atoms with van der Waals surface area (Å²) in [4.78, 5) is 26.6. The van der Waals surface area contributed by atoms with Crippen LogP contribution in [0.4, 0.5) is 0 Å². The van der Waals surface area contributed by atoms with Gasteiger partial charge in [0.05, 0.1) is 18.1 Å². The molecule has 2 aromatic rings. The number of carbonyl (C=O) groups is 2. The van der Waals surface area contributed by atoms with Crippen LogP contribution in [0.2, 0.25) is 0 Å². The van der Waals surface area contributed by atoms with Crippen molar-refractivity contribution >= 4 is 22.0 Å². The number of aliphatic hydroxyl groups is 1. The van der Waals surface area contributed by atoms with Gasteiger partial charge in [-0.05, 0) is 31.5 Å². The van der Waals surface area contributed by atoms with Gasteiger partial charge in [0, 0.05) is 6.42 Å². The molecule has 8 nitrogen and oxygen atoms in total. The topological polar surface area (TPSA) is 110 Å². The Hall–Kier alpha value is -3.17. The van der Waals surface area contributed by atoms with Crippen molar-refractivity contribution in [3.63, 3.8) is 0 Å². The SMILES string of the molecule is Cc1ccc(S(=O)(=O)OC2=C(C(=O)OCc3ccccc3)N3C(=O)C([C@@H](C)O)C3C2)cc1. The van der Waals surface area contributed by atoms with E-state index in [9.17, 15) is 23.1 Å². The van der Waals surface area contributed by atoms with Gasteiger partial charge in [-0.3, -0.25) is 9.69 Å². The van der Waals surface area contributed by atoms with E-state index in [-0.39, 0.29) is 29.4 Å². The zero-order chi connectivity index (χ0) is 23.0. The van der Waals surface area contributed by atoms with E-state index in [1.165, 1.54) is 24.0 Å². The fourth-order valence-corrected chi connectivity index (χ4v) is 4.95. The molecule has 3 atom stereocenters. The Labute approximate surface area is 186 Å². The molecule has 1 fully saturated rings. The van der Waals surface area contributed by atoms with Gasteiger partial charge in [0.15, 0.2) is 11.5 Å². The van der Waals surface area contributed by atoms with E-state index in [1.807, 2.05) is 13.0 Å². The van der Waals surface area contributed by atoms with Gasteiger partial charge in [0.1, 0.15) is 11.5 Å². The van der Waals surface area contributed by atoms with Crippen molar-refractivity contribution < 1.29 is 32.0 Å². The predicted octanol–water partition coefficient (Wildman–Crippen LogP) is 2.27. The average molecular weight is 458 g/mol. The van der Waals surface area contributed by atoms with Crippen molar-refractivity contribution in [1.29, 1.82) is 0 Å². The maximum absolute atomic E-state index is 12.9. The standard InChI is InChI=1S/C23H23NO7S/c1-14-8-10-17(11-9-14)32(28,29)31-19-12-18-20(15(2)25)22(26)24(18)21(19)23(27)30-13-16-6-4-3-5-7-16/h3-11,15,18,20,25H,12-13H2,1-2H3/t15-,18?,20?/m1/s1. The maximum atomic E-state index is 12.9. The Bertz CT molecular complexity index is 1170. The third-order valence-electron chi connectivity index (χ3n) is 5.61. The summed E-state index contributed by atoms with van der Waals surface area (Å²) < 4.78 is 36.3. The molecule has 2 aliphatic rings. The van der Waals surface area contributed by atoms with Gasteiger partial charge in [-0.25, -0.2) is 4.79 Å². The Morgan fingerprint density at radius 1 is 1.16 bits per heavy atom. The van der Waals surface area contributed by atoms with E-state index in [2.05, 4.69) is 0 Å². The lowest BCUT2D eigenvalue weighted by atomic mass is 9.83. The van der Waals surface area contributed by atoms with Gasteiger partial charge >= 0.3 is 16.1 Å². The van der Waals surface area contributed by atoms with Gasteiger partial charge in [-0.1, -0.05) is 48.0 Å². The molecule has 2 aromatic carbocycles. The maximum Gasteiger partial charge on any atom is 0.358 e. The van der Waals surface area contributed by atoms with Crippen LogP contribution in [-0.4, -0.2) is 42.4 Å². The summed E-state index contributed by atoms with van der Waals surface area (Å²) in [5.74, 6) is -2.23. The predicted molar refractivity (Wildman–Crippen MR) is 113 cm³/mol. The minimum Gasteiger partial charge on any atom is -0.456 e.